The minimum absolute atomic E-state index is 0.0942. The number of H-pyrrole nitrogens is 1. The number of benzene rings is 2. The predicted molar refractivity (Wildman–Crippen MR) is 124 cm³/mol. The monoisotopic (exact) mass is 514 g/mol. The van der Waals surface area contributed by atoms with E-state index in [2.05, 4.69) is 62.8 Å². The number of para-hydroxylation sites is 1. The Hall–Kier alpha value is -2.31. The molecule has 4 rings (SSSR count). The van der Waals surface area contributed by atoms with E-state index in [4.69, 9.17) is 10.2 Å². The third-order valence-corrected chi connectivity index (χ3v) is 6.97. The number of rotatable bonds is 5. The zero-order valence-electron chi connectivity index (χ0n) is 15.7. The molecule has 1 aliphatic rings. The van der Waals surface area contributed by atoms with Gasteiger partial charge in [0, 0.05) is 18.0 Å². The van der Waals surface area contributed by atoms with Crippen LogP contribution in [0.3, 0.4) is 0 Å². The summed E-state index contributed by atoms with van der Waals surface area (Å²) in [4.78, 5) is 22.4. The van der Waals surface area contributed by atoms with Crippen molar-refractivity contribution in [1.29, 1.82) is 5.26 Å². The number of thioether (sulfide) groups is 1. The van der Waals surface area contributed by atoms with Gasteiger partial charge in [0.2, 0.25) is 0 Å². The van der Waals surface area contributed by atoms with Gasteiger partial charge in [-0.05, 0) is 64.8 Å². The highest BCUT2D eigenvalue weighted by Crippen LogP contribution is 2.28. The molecule has 0 amide bonds. The highest BCUT2D eigenvalue weighted by molar-refractivity contribution is 14.1. The molecule has 1 aliphatic heterocycles. The third kappa shape index (κ3) is 4.65. The van der Waals surface area contributed by atoms with Gasteiger partial charge in [-0.1, -0.05) is 42.1 Å². The van der Waals surface area contributed by atoms with Crippen molar-refractivity contribution in [3.8, 4) is 6.07 Å². The summed E-state index contributed by atoms with van der Waals surface area (Å²) in [5, 5.41) is 9.53. The number of nitriles is 1. The summed E-state index contributed by atoms with van der Waals surface area (Å²) < 4.78 is 0.647. The largest absolute Gasteiger partial charge is 0.365 e. The molecule has 2 heterocycles. The molecule has 0 saturated heterocycles. The molecule has 2 aromatic carbocycles. The van der Waals surface area contributed by atoms with Crippen LogP contribution in [-0.4, -0.2) is 16.5 Å². The number of hydrogen-bond acceptors (Lipinski definition) is 5. The van der Waals surface area contributed by atoms with E-state index in [0.717, 1.165) is 30.6 Å². The summed E-state index contributed by atoms with van der Waals surface area (Å²) in [6.45, 7) is 1.60. The maximum atomic E-state index is 12.5. The summed E-state index contributed by atoms with van der Waals surface area (Å²) in [6.07, 6.45) is 2.20. The van der Waals surface area contributed by atoms with Gasteiger partial charge in [-0.3, -0.25) is 4.79 Å². The van der Waals surface area contributed by atoms with E-state index >= 15 is 0 Å². The van der Waals surface area contributed by atoms with Gasteiger partial charge < -0.3 is 9.88 Å². The zero-order chi connectivity index (χ0) is 20.2. The summed E-state index contributed by atoms with van der Waals surface area (Å²) in [6, 6.07) is 18.1. The maximum absolute atomic E-state index is 12.5. The number of nitrogens with one attached hydrogen (secondary N) is 1. The maximum Gasteiger partial charge on any atom is 0.265 e. The fourth-order valence-corrected chi connectivity index (χ4v) is 4.70. The van der Waals surface area contributed by atoms with E-state index in [-0.39, 0.29) is 5.56 Å². The number of aryl methyl sites for hydroxylation is 1. The first kappa shape index (κ1) is 20.0. The van der Waals surface area contributed by atoms with Crippen LogP contribution in [0.1, 0.15) is 28.8 Å². The molecule has 0 aliphatic carbocycles. The Labute approximate surface area is 187 Å². The Morgan fingerprint density at radius 3 is 2.79 bits per heavy atom. The van der Waals surface area contributed by atoms with E-state index < -0.39 is 0 Å². The van der Waals surface area contributed by atoms with Crippen LogP contribution in [0, 0.1) is 14.9 Å². The minimum atomic E-state index is -0.0942. The van der Waals surface area contributed by atoms with Crippen LogP contribution >= 0.6 is 34.4 Å². The molecule has 29 heavy (non-hydrogen) atoms. The molecule has 0 saturated carbocycles. The number of nitrogens with zero attached hydrogens (tertiary/aromatic N) is 3. The normalized spacial score (nSPS) is 13.0. The molecule has 0 atom stereocenters. The Morgan fingerprint density at radius 1 is 1.21 bits per heavy atom. The SMILES string of the molecule is N#Cc1ccc(CSc2nc(CN3CCCc4ccccc43)c(I)c(=O)[nH]2)cc1. The first-order valence-corrected chi connectivity index (χ1v) is 11.4. The Morgan fingerprint density at radius 2 is 2.00 bits per heavy atom. The molecule has 1 aromatic heterocycles. The minimum Gasteiger partial charge on any atom is -0.365 e. The average molecular weight is 514 g/mol. The first-order chi connectivity index (χ1) is 14.1. The summed E-state index contributed by atoms with van der Waals surface area (Å²) in [5.41, 5.74) is 5.04. The summed E-state index contributed by atoms with van der Waals surface area (Å²) in [7, 11) is 0. The van der Waals surface area contributed by atoms with E-state index in [9.17, 15) is 4.79 Å². The highest BCUT2D eigenvalue weighted by Gasteiger charge is 2.19. The van der Waals surface area contributed by atoms with Gasteiger partial charge >= 0.3 is 0 Å². The summed E-state index contributed by atoms with van der Waals surface area (Å²) >= 11 is 3.59. The van der Waals surface area contributed by atoms with Crippen LogP contribution in [0.4, 0.5) is 5.69 Å². The second-order valence-electron chi connectivity index (χ2n) is 6.88. The standard InChI is InChI=1S/C22H19IN4OS/c23-20-18(13-27-11-3-5-17-4-1-2-6-19(17)27)25-22(26-21(20)28)29-14-16-9-7-15(12-24)8-10-16/h1-2,4,6-10H,3,5,11,13-14H2,(H,25,26,28). The predicted octanol–water partition coefficient (Wildman–Crippen LogP) is 4.49. The van der Waals surface area contributed by atoms with Gasteiger partial charge in [0.05, 0.1) is 23.9 Å². The van der Waals surface area contributed by atoms with Crippen molar-refractivity contribution in [3.05, 3.63) is 84.8 Å². The van der Waals surface area contributed by atoms with Crippen LogP contribution in [0.2, 0.25) is 0 Å². The smallest absolute Gasteiger partial charge is 0.265 e. The molecule has 1 N–H and O–H groups in total. The van der Waals surface area contributed by atoms with E-state index in [0.29, 0.717) is 26.6 Å². The van der Waals surface area contributed by atoms with Crippen LogP contribution in [0.15, 0.2) is 58.5 Å². The zero-order valence-corrected chi connectivity index (χ0v) is 18.7. The lowest BCUT2D eigenvalue weighted by Gasteiger charge is -2.31. The summed E-state index contributed by atoms with van der Waals surface area (Å²) in [5.74, 6) is 0.682. The number of fused-ring (bicyclic) bond motifs is 1. The molecule has 0 unspecified atom stereocenters. The first-order valence-electron chi connectivity index (χ1n) is 9.37. The van der Waals surface area contributed by atoms with Crippen LogP contribution in [0.5, 0.6) is 0 Å². The third-order valence-electron chi connectivity index (χ3n) is 4.92. The molecule has 0 fully saturated rings. The Kier molecular flexibility index (Phi) is 6.21. The Balaban J connectivity index is 1.53. The molecule has 0 bridgehead atoms. The average Bonchev–Trinajstić information content (AvgIpc) is 2.76. The van der Waals surface area contributed by atoms with Gasteiger partial charge in [-0.2, -0.15) is 5.26 Å². The van der Waals surface area contributed by atoms with Crippen molar-refractivity contribution in [2.75, 3.05) is 11.4 Å². The van der Waals surface area contributed by atoms with E-state index in [1.54, 1.807) is 12.1 Å². The van der Waals surface area contributed by atoms with Crippen molar-refractivity contribution in [2.24, 2.45) is 0 Å². The fourth-order valence-electron chi connectivity index (χ4n) is 3.44. The lowest BCUT2D eigenvalue weighted by molar-refractivity contribution is 0.674. The van der Waals surface area contributed by atoms with Gasteiger partial charge in [0.1, 0.15) is 3.57 Å². The molecule has 0 radical (unpaired) electrons. The number of aromatic nitrogens is 2. The fraction of sp³-hybridized carbons (Fsp3) is 0.227. The van der Waals surface area contributed by atoms with Crippen molar-refractivity contribution < 1.29 is 0 Å². The lowest BCUT2D eigenvalue weighted by atomic mass is 10.0. The number of anilines is 1. The molecular formula is C22H19IN4OS. The van der Waals surface area contributed by atoms with Gasteiger partial charge in [-0.25, -0.2) is 4.98 Å². The lowest BCUT2D eigenvalue weighted by Crippen LogP contribution is -2.31. The quantitative estimate of drug-likeness (QED) is 0.309. The second-order valence-corrected chi connectivity index (χ2v) is 8.93. The van der Waals surface area contributed by atoms with Crippen molar-refractivity contribution >= 4 is 40.0 Å². The van der Waals surface area contributed by atoms with Crippen molar-refractivity contribution in [3.63, 3.8) is 0 Å². The van der Waals surface area contributed by atoms with Crippen LogP contribution in [0.25, 0.3) is 0 Å². The molecule has 0 spiro atoms. The number of halogens is 1. The van der Waals surface area contributed by atoms with E-state index in [1.165, 1.54) is 23.0 Å². The van der Waals surface area contributed by atoms with Crippen molar-refractivity contribution in [1.82, 2.24) is 9.97 Å². The van der Waals surface area contributed by atoms with E-state index in [1.807, 2.05) is 12.1 Å². The molecule has 146 valence electrons. The van der Waals surface area contributed by atoms with Crippen molar-refractivity contribution in [2.45, 2.75) is 30.3 Å². The van der Waals surface area contributed by atoms with Gasteiger partial charge in [0.25, 0.3) is 5.56 Å². The number of aromatic amines is 1. The molecule has 5 nitrogen and oxygen atoms in total. The van der Waals surface area contributed by atoms with Gasteiger partial charge in [-0.15, -0.1) is 0 Å². The van der Waals surface area contributed by atoms with Crippen LogP contribution in [-0.2, 0) is 18.7 Å². The highest BCUT2D eigenvalue weighted by atomic mass is 127. The molecule has 3 aromatic rings. The molecular weight excluding hydrogens is 495 g/mol. The number of hydrogen-bond donors (Lipinski definition) is 1. The second kappa shape index (κ2) is 9.01. The molecule has 7 heteroatoms. The van der Waals surface area contributed by atoms with Gasteiger partial charge in [0.15, 0.2) is 5.16 Å². The topological polar surface area (TPSA) is 72.8 Å². The van der Waals surface area contributed by atoms with Crippen LogP contribution < -0.4 is 10.5 Å². The Bertz CT molecular complexity index is 1120.